The van der Waals surface area contributed by atoms with E-state index in [9.17, 15) is 9.59 Å². The first kappa shape index (κ1) is 24.2. The number of imide groups is 1. The molecule has 5 rings (SSSR count). The molecule has 0 bridgehead atoms. The third-order valence-electron chi connectivity index (χ3n) is 6.43. The first-order valence-electron chi connectivity index (χ1n) is 12.0. The van der Waals surface area contributed by atoms with Crippen LogP contribution in [0.4, 0.5) is 0 Å². The molecule has 0 unspecified atom stereocenters. The fourth-order valence-electron chi connectivity index (χ4n) is 4.56. The van der Waals surface area contributed by atoms with Crippen LogP contribution in [0.2, 0.25) is 4.82 Å². The van der Waals surface area contributed by atoms with Gasteiger partial charge in [0.15, 0.2) is 0 Å². The van der Waals surface area contributed by atoms with E-state index in [0.29, 0.717) is 24.3 Å². The number of carbonyl (C=O) groups is 2. The van der Waals surface area contributed by atoms with Crippen LogP contribution in [0.25, 0.3) is 0 Å². The van der Waals surface area contributed by atoms with Crippen molar-refractivity contribution in [2.24, 2.45) is 0 Å². The Labute approximate surface area is 218 Å². The number of hydrogen-bond acceptors (Lipinski definition) is 3. The molecule has 0 spiro atoms. The molecule has 2 atom stereocenters. The van der Waals surface area contributed by atoms with E-state index in [1.165, 1.54) is 14.9 Å². The molecule has 1 aliphatic rings. The van der Waals surface area contributed by atoms with Gasteiger partial charge in [-0.25, -0.2) is 0 Å². The Bertz CT molecular complexity index is 1320. The fourth-order valence-corrected chi connectivity index (χ4v) is 7.15. The molecule has 0 aliphatic carbocycles. The summed E-state index contributed by atoms with van der Waals surface area (Å²) in [4.78, 5) is 28.6. The molecular weight excluding hydrogens is 513 g/mol. The maximum atomic E-state index is 13.6. The topological polar surface area (TPSA) is 46.6 Å². The zero-order valence-electron chi connectivity index (χ0n) is 20.0. The van der Waals surface area contributed by atoms with E-state index < -0.39 is 6.04 Å². The van der Waals surface area contributed by atoms with Crippen LogP contribution in [0.3, 0.4) is 0 Å². The van der Waals surface area contributed by atoms with Gasteiger partial charge in [-0.3, -0.25) is 0 Å². The normalized spacial score (nSPS) is 14.5. The second kappa shape index (κ2) is 11.0. The molecule has 2 amide bonds. The van der Waals surface area contributed by atoms with Crippen LogP contribution in [0.15, 0.2) is 109 Å². The van der Waals surface area contributed by atoms with Crippen LogP contribution in [0.5, 0.6) is 0 Å². The molecule has 0 saturated carbocycles. The number of ether oxygens (including phenoxy) is 1. The average molecular weight is 541 g/mol. The van der Waals surface area contributed by atoms with Crippen molar-refractivity contribution < 1.29 is 14.3 Å². The molecule has 5 heteroatoms. The zero-order chi connectivity index (χ0) is 24.9. The van der Waals surface area contributed by atoms with Crippen molar-refractivity contribution in [2.45, 2.75) is 24.4 Å². The minimum atomic E-state index is -0.435. The molecule has 0 aromatic heterocycles. The van der Waals surface area contributed by atoms with Gasteiger partial charge in [0.1, 0.15) is 0 Å². The Morgan fingerprint density at radius 2 is 1.28 bits per heavy atom. The van der Waals surface area contributed by atoms with Crippen molar-refractivity contribution in [3.63, 3.8) is 0 Å². The molecule has 180 valence electrons. The molecule has 0 N–H and O–H groups in total. The van der Waals surface area contributed by atoms with Crippen LogP contribution < -0.4 is 4.46 Å². The first-order valence-corrected chi connectivity index (χ1v) is 13.8. The SMILES string of the molecule is Cc1ccccc1COC[C@H]([Se]c1ccccc1)[C@@H](c1ccccc1)N1C(=O)c2ccccc2C1=O. The molecule has 0 fully saturated rings. The Morgan fingerprint density at radius 1 is 0.722 bits per heavy atom. The molecule has 4 nitrogen and oxygen atoms in total. The van der Waals surface area contributed by atoms with E-state index in [1.54, 1.807) is 12.1 Å². The van der Waals surface area contributed by atoms with Gasteiger partial charge in [-0.2, -0.15) is 0 Å². The summed E-state index contributed by atoms with van der Waals surface area (Å²) in [6.07, 6.45) is 0. The van der Waals surface area contributed by atoms with E-state index in [2.05, 4.69) is 31.2 Å². The molecule has 4 aromatic carbocycles. The van der Waals surface area contributed by atoms with Crippen molar-refractivity contribution in [3.05, 3.63) is 137 Å². The Kier molecular flexibility index (Phi) is 7.43. The quantitative estimate of drug-likeness (QED) is 0.212. The van der Waals surface area contributed by atoms with Crippen molar-refractivity contribution in [2.75, 3.05) is 6.61 Å². The number of carbonyl (C=O) groups excluding carboxylic acids is 2. The summed E-state index contributed by atoms with van der Waals surface area (Å²) < 4.78 is 7.51. The van der Waals surface area contributed by atoms with Crippen LogP contribution in [0, 0.1) is 6.92 Å². The van der Waals surface area contributed by atoms with Crippen molar-refractivity contribution in [1.82, 2.24) is 4.90 Å². The summed E-state index contributed by atoms with van der Waals surface area (Å²) in [5, 5.41) is 0. The first-order chi connectivity index (χ1) is 17.6. The number of amides is 2. The molecule has 0 saturated heterocycles. The average Bonchev–Trinajstić information content (AvgIpc) is 3.16. The Hall–Kier alpha value is -3.50. The van der Waals surface area contributed by atoms with Gasteiger partial charge in [0.25, 0.3) is 0 Å². The maximum absolute atomic E-state index is 13.6. The van der Waals surface area contributed by atoms with Crippen LogP contribution in [-0.2, 0) is 11.3 Å². The number of benzene rings is 4. The van der Waals surface area contributed by atoms with Crippen molar-refractivity contribution in [3.8, 4) is 0 Å². The number of nitrogens with zero attached hydrogens (tertiary/aromatic N) is 1. The molecule has 1 aliphatic heterocycles. The molecule has 36 heavy (non-hydrogen) atoms. The predicted octanol–water partition coefficient (Wildman–Crippen LogP) is 5.37. The van der Waals surface area contributed by atoms with Gasteiger partial charge in [0.05, 0.1) is 0 Å². The van der Waals surface area contributed by atoms with E-state index in [1.807, 2.05) is 72.8 Å². The summed E-state index contributed by atoms with van der Waals surface area (Å²) >= 11 is -0.0527. The van der Waals surface area contributed by atoms with Crippen LogP contribution in [-0.4, -0.2) is 38.3 Å². The molecule has 0 radical (unpaired) electrons. The second-order valence-electron chi connectivity index (χ2n) is 8.79. The number of aryl methyl sites for hydroxylation is 1. The second-order valence-corrected chi connectivity index (χ2v) is 11.5. The van der Waals surface area contributed by atoms with Crippen molar-refractivity contribution in [1.29, 1.82) is 0 Å². The van der Waals surface area contributed by atoms with Gasteiger partial charge in [-0.15, -0.1) is 0 Å². The van der Waals surface area contributed by atoms with E-state index >= 15 is 0 Å². The zero-order valence-corrected chi connectivity index (χ0v) is 21.8. The van der Waals surface area contributed by atoms with Gasteiger partial charge in [-0.05, 0) is 0 Å². The van der Waals surface area contributed by atoms with Gasteiger partial charge in [-0.1, -0.05) is 0 Å². The number of rotatable bonds is 9. The van der Waals surface area contributed by atoms with Crippen LogP contribution in [0.1, 0.15) is 43.4 Å². The standard InChI is InChI=1S/C31H27NO3Se/c1-22-12-8-9-15-24(22)20-35-21-28(36-25-16-6-3-7-17-25)29(23-13-4-2-5-14-23)32-30(33)26-18-10-11-19-27(26)31(32)34/h2-19,28-29H,20-21H2,1H3/t28-,29+/m0/s1. The Balaban J connectivity index is 1.51. The molecule has 4 aromatic rings. The molecular formula is C31H27NO3Se. The Morgan fingerprint density at radius 3 is 1.92 bits per heavy atom. The number of hydrogen-bond donors (Lipinski definition) is 0. The fraction of sp³-hybridized carbons (Fsp3) is 0.161. The van der Waals surface area contributed by atoms with E-state index in [4.69, 9.17) is 4.74 Å². The monoisotopic (exact) mass is 541 g/mol. The third-order valence-corrected chi connectivity index (χ3v) is 9.03. The van der Waals surface area contributed by atoms with Crippen molar-refractivity contribution >= 4 is 31.2 Å². The summed E-state index contributed by atoms with van der Waals surface area (Å²) in [5.41, 5.74) is 4.20. The summed E-state index contributed by atoms with van der Waals surface area (Å²) in [7, 11) is 0. The summed E-state index contributed by atoms with van der Waals surface area (Å²) in [5.74, 6) is -0.477. The van der Waals surface area contributed by atoms with E-state index in [-0.39, 0.29) is 31.6 Å². The summed E-state index contributed by atoms with van der Waals surface area (Å²) in [6.45, 7) is 2.99. The van der Waals surface area contributed by atoms with Gasteiger partial charge in [0, 0.05) is 0 Å². The van der Waals surface area contributed by atoms with Crippen LogP contribution >= 0.6 is 0 Å². The van der Waals surface area contributed by atoms with Gasteiger partial charge >= 0.3 is 218 Å². The molecule has 1 heterocycles. The summed E-state index contributed by atoms with van der Waals surface area (Å²) in [6, 6.07) is 35.0. The van der Waals surface area contributed by atoms with Gasteiger partial charge in [0.2, 0.25) is 0 Å². The minimum absolute atomic E-state index is 0.0527. The van der Waals surface area contributed by atoms with E-state index in [0.717, 1.165) is 11.1 Å². The third kappa shape index (κ3) is 5.05. The number of fused-ring (bicyclic) bond motifs is 1. The van der Waals surface area contributed by atoms with Gasteiger partial charge < -0.3 is 0 Å². The predicted molar refractivity (Wildman–Crippen MR) is 143 cm³/mol.